The molecular formula is C48H83N2O10PS. The van der Waals surface area contributed by atoms with Crippen LogP contribution in [0.1, 0.15) is 140 Å². The first kappa shape index (κ1) is 48.8. The van der Waals surface area contributed by atoms with Gasteiger partial charge in [0.15, 0.2) is 9.84 Å². The van der Waals surface area contributed by atoms with Gasteiger partial charge in [0.25, 0.3) is 0 Å². The molecule has 14 heteroatoms. The highest BCUT2D eigenvalue weighted by Crippen LogP contribution is 2.76. The molecule has 0 radical (unpaired) electrons. The first-order chi connectivity index (χ1) is 28.8. The smallest absolute Gasteiger partial charge is 0.355 e. The minimum Gasteiger partial charge on any atom is -0.481 e. The van der Waals surface area contributed by atoms with Crippen LogP contribution in [0.2, 0.25) is 0 Å². The Labute approximate surface area is 374 Å². The quantitative estimate of drug-likeness (QED) is 0.119. The highest BCUT2D eigenvalue weighted by Gasteiger charge is 2.72. The van der Waals surface area contributed by atoms with Gasteiger partial charge in [-0.1, -0.05) is 62.3 Å². The fourth-order valence-corrected chi connectivity index (χ4v) is 18.3. The highest BCUT2D eigenvalue weighted by molar-refractivity contribution is 7.91. The number of carboxylic acid groups (broad SMARTS) is 1. The van der Waals surface area contributed by atoms with Gasteiger partial charge in [0.2, 0.25) is 0 Å². The molecule has 356 valence electrons. The Morgan fingerprint density at radius 2 is 1.48 bits per heavy atom. The molecule has 6 saturated carbocycles. The average molecular weight is 911 g/mol. The molecule has 2 unspecified atom stereocenters. The van der Waals surface area contributed by atoms with Gasteiger partial charge in [0.1, 0.15) is 12.5 Å². The van der Waals surface area contributed by atoms with Crippen molar-refractivity contribution in [3.63, 3.8) is 0 Å². The van der Waals surface area contributed by atoms with Crippen molar-refractivity contribution < 1.29 is 46.2 Å². The second-order valence-corrected chi connectivity index (χ2v) is 28.2. The number of carbonyl (C=O) groups excluding carboxylic acids is 1. The van der Waals surface area contributed by atoms with E-state index in [2.05, 4.69) is 58.7 Å². The van der Waals surface area contributed by atoms with E-state index in [1.54, 1.807) is 0 Å². The maximum atomic E-state index is 13.7. The molecule has 12 nitrogen and oxygen atoms in total. The minimum atomic E-state index is -3.40. The van der Waals surface area contributed by atoms with Gasteiger partial charge in [-0.15, -0.1) is 0 Å². The lowest BCUT2D eigenvalue weighted by Gasteiger charge is -2.73. The number of rotatable bonds is 15. The Kier molecular flexibility index (Phi) is 13.3. The Balaban J connectivity index is 1.11. The molecule has 0 spiro atoms. The molecule has 0 aromatic carbocycles. The fourth-order valence-electron chi connectivity index (χ4n) is 16.3. The molecular weight excluding hydrogens is 828 g/mol. The number of carboxylic acids is 1. The molecule has 14 atom stereocenters. The van der Waals surface area contributed by atoms with Gasteiger partial charge in [-0.25, -0.2) is 8.42 Å². The lowest BCUT2D eigenvalue weighted by atomic mass is 9.32. The van der Waals surface area contributed by atoms with Gasteiger partial charge < -0.3 is 28.9 Å². The second kappa shape index (κ2) is 16.9. The summed E-state index contributed by atoms with van der Waals surface area (Å²) in [5.74, 6) is 1.94. The summed E-state index contributed by atoms with van der Waals surface area (Å²) < 4.78 is 61.3. The number of sulfone groups is 1. The second-order valence-electron chi connectivity index (χ2n) is 23.7. The van der Waals surface area contributed by atoms with Crippen molar-refractivity contribution in [2.75, 3.05) is 51.7 Å². The van der Waals surface area contributed by atoms with E-state index in [0.29, 0.717) is 55.1 Å². The molecule has 0 aromatic heterocycles. The van der Waals surface area contributed by atoms with E-state index >= 15 is 0 Å². The van der Waals surface area contributed by atoms with E-state index in [1.165, 1.54) is 46.3 Å². The molecule has 2 N–H and O–H groups in total. The number of ether oxygens (including phenoxy) is 2. The van der Waals surface area contributed by atoms with Crippen molar-refractivity contribution in [2.24, 2.45) is 74.4 Å². The number of nitrogens with zero attached hydrogens (tertiary/aromatic N) is 1. The zero-order valence-electron chi connectivity index (χ0n) is 40.3. The van der Waals surface area contributed by atoms with E-state index in [0.717, 1.165) is 32.1 Å². The SMILES string of the molecule is COP(=O)(COC(C)C(CN[C@]12CC[C@@H](C(C)C)[C@@H]1[C@H]1CC[C@@H]3[C@@]4(C)CC[C@H](OC(=O)[C@H]5[C@@H](CC(=O)O)C5(C)C)C(C)(C)[C@@H]4CC[C@@]3(C)[C@]1(C)CC2)N1CCS(=O)(=O)CC1)OC. The molecule has 1 saturated heterocycles. The summed E-state index contributed by atoms with van der Waals surface area (Å²) >= 11 is 0. The molecule has 6 aliphatic carbocycles. The fraction of sp³-hybridized carbons (Fsp3) is 0.958. The van der Waals surface area contributed by atoms with E-state index in [4.69, 9.17) is 18.5 Å². The van der Waals surface area contributed by atoms with Crippen LogP contribution in [0.15, 0.2) is 0 Å². The molecule has 1 heterocycles. The van der Waals surface area contributed by atoms with Crippen molar-refractivity contribution in [3.8, 4) is 0 Å². The van der Waals surface area contributed by atoms with Crippen molar-refractivity contribution in [2.45, 2.75) is 164 Å². The number of aliphatic carboxylic acids is 1. The maximum absolute atomic E-state index is 13.7. The summed E-state index contributed by atoms with van der Waals surface area (Å²) in [6.07, 6.45) is 10.6. The van der Waals surface area contributed by atoms with Crippen molar-refractivity contribution >= 4 is 29.4 Å². The minimum absolute atomic E-state index is 0.00857. The molecule has 7 fully saturated rings. The number of esters is 1. The van der Waals surface area contributed by atoms with Crippen LogP contribution >= 0.6 is 7.60 Å². The Morgan fingerprint density at radius 3 is 2.10 bits per heavy atom. The van der Waals surface area contributed by atoms with Gasteiger partial charge in [0.05, 0.1) is 23.5 Å². The van der Waals surface area contributed by atoms with Gasteiger partial charge in [-0.2, -0.15) is 0 Å². The maximum Gasteiger partial charge on any atom is 0.355 e. The van der Waals surface area contributed by atoms with Crippen molar-refractivity contribution in [1.82, 2.24) is 10.2 Å². The standard InChI is InChI=1S/C48H83N2O10PS/c1-30(2)32-15-20-48(49-28-35(50-23-25-62(55,56)26-24-50)31(3)59-29-61(54,57-11)58-12)22-21-46(9)33(40(32)48)13-14-37-45(8)18-17-38(44(6,7)36(45)16-19-47(37,46)10)60-42(53)41-34(27-39(51)52)43(41,4)5/h30-38,40-41,49H,13-29H2,1-12H3,(H,51,52)/t31?,32-,33+,34+,35?,36-,37+,38-,40+,41+,45-,46+,47+,48-/m0/s1. The Morgan fingerprint density at radius 1 is 0.823 bits per heavy atom. The average Bonchev–Trinajstić information content (AvgIpc) is 3.51. The largest absolute Gasteiger partial charge is 0.481 e. The molecule has 0 amide bonds. The first-order valence-electron chi connectivity index (χ1n) is 24.2. The monoisotopic (exact) mass is 911 g/mol. The third kappa shape index (κ3) is 8.13. The predicted octanol–water partition coefficient (Wildman–Crippen LogP) is 8.67. The van der Waals surface area contributed by atoms with Gasteiger partial charge in [-0.05, 0) is 134 Å². The molecule has 0 aromatic rings. The number of nitrogens with one attached hydrogen (secondary N) is 1. The molecule has 0 bridgehead atoms. The summed E-state index contributed by atoms with van der Waals surface area (Å²) in [6, 6.07) is -0.114. The van der Waals surface area contributed by atoms with Crippen molar-refractivity contribution in [3.05, 3.63) is 0 Å². The van der Waals surface area contributed by atoms with E-state index in [-0.39, 0.29) is 92.9 Å². The zero-order valence-corrected chi connectivity index (χ0v) is 42.0. The molecule has 62 heavy (non-hydrogen) atoms. The van der Waals surface area contributed by atoms with Crippen LogP contribution in [0.25, 0.3) is 0 Å². The number of hydrogen-bond acceptors (Lipinski definition) is 11. The van der Waals surface area contributed by atoms with Crippen LogP contribution in [-0.4, -0.2) is 106 Å². The van der Waals surface area contributed by atoms with Crippen LogP contribution in [0.3, 0.4) is 0 Å². The predicted molar refractivity (Wildman–Crippen MR) is 241 cm³/mol. The van der Waals surface area contributed by atoms with E-state index in [9.17, 15) is 27.7 Å². The highest BCUT2D eigenvalue weighted by atomic mass is 32.2. The summed E-state index contributed by atoms with van der Waals surface area (Å²) in [7, 11) is -3.73. The van der Waals surface area contributed by atoms with E-state index in [1.807, 2.05) is 20.8 Å². The lowest BCUT2D eigenvalue weighted by Crippen LogP contribution is -2.69. The normalized spacial score (nSPS) is 43.0. The van der Waals surface area contributed by atoms with Gasteiger partial charge in [-0.3, -0.25) is 19.1 Å². The number of carbonyl (C=O) groups is 2. The van der Waals surface area contributed by atoms with Gasteiger partial charge >= 0.3 is 19.5 Å². The summed E-state index contributed by atoms with van der Waals surface area (Å²) in [6.45, 7) is 25.0. The molecule has 1 aliphatic heterocycles. The lowest BCUT2D eigenvalue weighted by molar-refractivity contribution is -0.248. The molecule has 7 aliphatic rings. The Bertz CT molecular complexity index is 1840. The van der Waals surface area contributed by atoms with Crippen LogP contribution in [-0.2, 0) is 42.5 Å². The third-order valence-corrected chi connectivity index (χ3v) is 23.5. The van der Waals surface area contributed by atoms with Crippen molar-refractivity contribution in [1.29, 1.82) is 0 Å². The van der Waals surface area contributed by atoms with Gasteiger partial charge in [0, 0.05) is 57.3 Å². The topological polar surface area (TPSA) is 158 Å². The van der Waals surface area contributed by atoms with Crippen LogP contribution < -0.4 is 5.32 Å². The number of fused-ring (bicyclic) bond motifs is 7. The zero-order chi connectivity index (χ0) is 45.6. The summed E-state index contributed by atoms with van der Waals surface area (Å²) in [5, 5.41) is 13.8. The van der Waals surface area contributed by atoms with E-state index < -0.39 is 23.4 Å². The Hall–Kier alpha value is -1.08. The van der Waals surface area contributed by atoms with Crippen LogP contribution in [0.5, 0.6) is 0 Å². The summed E-state index contributed by atoms with van der Waals surface area (Å²) in [5.41, 5.74) is -0.109. The first-order valence-corrected chi connectivity index (χ1v) is 27.7. The van der Waals surface area contributed by atoms with Crippen LogP contribution in [0.4, 0.5) is 0 Å². The number of hydrogen-bond donors (Lipinski definition) is 2. The molecule has 7 rings (SSSR count). The summed E-state index contributed by atoms with van der Waals surface area (Å²) in [4.78, 5) is 27.6. The van der Waals surface area contributed by atoms with Crippen LogP contribution in [0, 0.1) is 74.4 Å². The third-order valence-electron chi connectivity index (χ3n) is 20.3.